The van der Waals surface area contributed by atoms with Crippen molar-refractivity contribution in [1.82, 2.24) is 15.6 Å². The second kappa shape index (κ2) is 6.49. The molecule has 2 aromatic rings. The van der Waals surface area contributed by atoms with Gasteiger partial charge < -0.3 is 5.11 Å². The minimum atomic E-state index is -0.705. The Balaban J connectivity index is 2.09. The quantitative estimate of drug-likeness (QED) is 0.448. The Morgan fingerprint density at radius 3 is 2.75 bits per heavy atom. The number of nitro benzene ring substituents is 1. The molecule has 126 valence electrons. The van der Waals surface area contributed by atoms with Gasteiger partial charge >= 0.3 is 5.69 Å². The molecule has 0 fully saturated rings. The number of phenolic OH excluding ortho intramolecular Hbond substituents is 1. The number of phenols is 1. The van der Waals surface area contributed by atoms with Crippen LogP contribution >= 0.6 is 0 Å². The van der Waals surface area contributed by atoms with Gasteiger partial charge in [-0.3, -0.25) is 20.0 Å². The number of para-hydroxylation sites is 1. The van der Waals surface area contributed by atoms with E-state index in [4.69, 9.17) is 0 Å². The van der Waals surface area contributed by atoms with Crippen LogP contribution in [0.3, 0.4) is 0 Å². The Hall–Kier alpha value is -3.23. The first-order valence-corrected chi connectivity index (χ1v) is 7.06. The minimum absolute atomic E-state index is 0.113. The van der Waals surface area contributed by atoms with Crippen molar-refractivity contribution in [1.29, 1.82) is 0 Å². The van der Waals surface area contributed by atoms with Crippen molar-refractivity contribution < 1.29 is 14.8 Å². The van der Waals surface area contributed by atoms with E-state index in [2.05, 4.69) is 20.7 Å². The van der Waals surface area contributed by atoms with Crippen molar-refractivity contribution in [3.05, 3.63) is 51.3 Å². The van der Waals surface area contributed by atoms with Crippen LogP contribution < -0.4 is 5.43 Å². The largest absolute Gasteiger partial charge is 0.502 e. The van der Waals surface area contributed by atoms with Gasteiger partial charge in [0.1, 0.15) is 0 Å². The van der Waals surface area contributed by atoms with Crippen LogP contribution in [-0.2, 0) is 5.41 Å². The van der Waals surface area contributed by atoms with E-state index in [0.29, 0.717) is 0 Å². The highest BCUT2D eigenvalue weighted by molar-refractivity contribution is 5.93. The molecule has 1 amide bonds. The second-order valence-corrected chi connectivity index (χ2v) is 6.09. The fourth-order valence-electron chi connectivity index (χ4n) is 1.84. The number of aromatic nitrogens is 2. The summed E-state index contributed by atoms with van der Waals surface area (Å²) >= 11 is 0. The highest BCUT2D eigenvalue weighted by Gasteiger charge is 2.19. The first kappa shape index (κ1) is 17.1. The number of benzene rings is 1. The van der Waals surface area contributed by atoms with Crippen LogP contribution in [0, 0.1) is 10.1 Å². The monoisotopic (exact) mass is 331 g/mol. The highest BCUT2D eigenvalue weighted by atomic mass is 16.6. The number of aromatic hydroxyl groups is 1. The number of nitrogens with zero attached hydrogens (tertiary/aromatic N) is 3. The van der Waals surface area contributed by atoms with Gasteiger partial charge in [-0.25, -0.2) is 5.43 Å². The predicted octanol–water partition coefficient (Wildman–Crippen LogP) is 2.08. The van der Waals surface area contributed by atoms with Gasteiger partial charge in [-0.15, -0.1) is 0 Å². The number of hydrogen-bond donors (Lipinski definition) is 3. The Morgan fingerprint density at radius 1 is 1.46 bits per heavy atom. The summed E-state index contributed by atoms with van der Waals surface area (Å²) in [4.78, 5) is 22.0. The van der Waals surface area contributed by atoms with Crippen LogP contribution in [0.4, 0.5) is 5.69 Å². The maximum atomic E-state index is 12.0. The normalized spacial score (nSPS) is 11.6. The molecule has 9 nitrogen and oxygen atoms in total. The number of aromatic amines is 1. The molecule has 3 N–H and O–H groups in total. The summed E-state index contributed by atoms with van der Waals surface area (Å²) in [6.45, 7) is 5.93. The molecular formula is C15H17N5O4. The number of hydrogen-bond acceptors (Lipinski definition) is 6. The smallest absolute Gasteiger partial charge is 0.311 e. The molecule has 0 saturated carbocycles. The fraction of sp³-hybridized carbons (Fsp3) is 0.267. The fourth-order valence-corrected chi connectivity index (χ4v) is 1.84. The zero-order valence-electron chi connectivity index (χ0n) is 13.4. The molecule has 9 heteroatoms. The Kier molecular flexibility index (Phi) is 4.63. The lowest BCUT2D eigenvalue weighted by atomic mass is 9.92. The molecule has 0 unspecified atom stereocenters. The van der Waals surface area contributed by atoms with Crippen molar-refractivity contribution in [2.24, 2.45) is 5.10 Å². The summed E-state index contributed by atoms with van der Waals surface area (Å²) in [6.07, 6.45) is 1.12. The summed E-state index contributed by atoms with van der Waals surface area (Å²) in [5, 5.41) is 30.9. The van der Waals surface area contributed by atoms with Crippen LogP contribution in [0.25, 0.3) is 0 Å². The van der Waals surface area contributed by atoms with Gasteiger partial charge in [0.05, 0.1) is 11.1 Å². The van der Waals surface area contributed by atoms with Crippen LogP contribution in [0.15, 0.2) is 29.4 Å². The van der Waals surface area contributed by atoms with Crippen LogP contribution in [0.2, 0.25) is 0 Å². The van der Waals surface area contributed by atoms with Crippen molar-refractivity contribution in [2.45, 2.75) is 26.2 Å². The Labute approximate surface area is 137 Å². The molecule has 0 atom stereocenters. The maximum absolute atomic E-state index is 12.0. The van der Waals surface area contributed by atoms with E-state index in [0.717, 1.165) is 11.9 Å². The van der Waals surface area contributed by atoms with Crippen molar-refractivity contribution in [3.8, 4) is 5.75 Å². The molecule has 0 saturated heterocycles. The molecule has 0 aliphatic carbocycles. The molecule has 1 heterocycles. The summed E-state index contributed by atoms with van der Waals surface area (Å²) in [5.41, 5.74) is 2.72. The lowest BCUT2D eigenvalue weighted by Gasteiger charge is -2.14. The highest BCUT2D eigenvalue weighted by Crippen LogP contribution is 2.27. The van der Waals surface area contributed by atoms with E-state index < -0.39 is 22.3 Å². The third-order valence-electron chi connectivity index (χ3n) is 3.23. The van der Waals surface area contributed by atoms with E-state index in [1.165, 1.54) is 18.2 Å². The number of rotatable bonds is 4. The SMILES string of the molecule is CC(C)(C)c1cc(C(=O)NN=Cc2cccc([N+](=O)[O-])c2O)n[nH]1. The van der Waals surface area contributed by atoms with E-state index in [9.17, 15) is 20.0 Å². The maximum Gasteiger partial charge on any atom is 0.311 e. The van der Waals surface area contributed by atoms with Crippen molar-refractivity contribution >= 4 is 17.8 Å². The summed E-state index contributed by atoms with van der Waals surface area (Å²) in [6, 6.07) is 5.63. The second-order valence-electron chi connectivity index (χ2n) is 6.09. The van der Waals surface area contributed by atoms with Gasteiger partial charge in [0.15, 0.2) is 5.69 Å². The molecule has 1 aromatic heterocycles. The van der Waals surface area contributed by atoms with E-state index in [-0.39, 0.29) is 16.7 Å². The third kappa shape index (κ3) is 3.75. The van der Waals surface area contributed by atoms with Gasteiger partial charge in [0.2, 0.25) is 5.75 Å². The first-order valence-electron chi connectivity index (χ1n) is 7.06. The molecule has 0 spiro atoms. The van der Waals surface area contributed by atoms with E-state index in [1.54, 1.807) is 6.07 Å². The molecule has 0 aliphatic heterocycles. The number of carbonyl (C=O) groups excluding carboxylic acids is 1. The van der Waals surface area contributed by atoms with Gasteiger partial charge in [-0.05, 0) is 12.1 Å². The zero-order chi connectivity index (χ0) is 17.9. The molecule has 0 radical (unpaired) electrons. The average Bonchev–Trinajstić information content (AvgIpc) is 2.98. The number of amides is 1. The molecule has 0 bridgehead atoms. The van der Waals surface area contributed by atoms with E-state index in [1.807, 2.05) is 20.8 Å². The molecule has 1 aromatic carbocycles. The number of nitrogens with one attached hydrogen (secondary N) is 2. The van der Waals surface area contributed by atoms with Crippen LogP contribution in [0.1, 0.15) is 42.5 Å². The average molecular weight is 331 g/mol. The molecule has 0 aliphatic rings. The summed E-state index contributed by atoms with van der Waals surface area (Å²) in [5.74, 6) is -1.06. The molecular weight excluding hydrogens is 314 g/mol. The number of H-pyrrole nitrogens is 1. The zero-order valence-corrected chi connectivity index (χ0v) is 13.4. The van der Waals surface area contributed by atoms with E-state index >= 15 is 0 Å². The standard InChI is InChI=1S/C15H17N5O4/c1-15(2,3)12-7-10(17-18-12)14(22)19-16-8-9-5-4-6-11(13(9)21)20(23)24/h4-8,21H,1-3H3,(H,17,18)(H,19,22). The molecule has 2 rings (SSSR count). The number of nitro groups is 1. The Morgan fingerprint density at radius 2 is 2.17 bits per heavy atom. The van der Waals surface area contributed by atoms with Crippen LogP contribution in [0.5, 0.6) is 5.75 Å². The predicted molar refractivity (Wildman–Crippen MR) is 87.1 cm³/mol. The summed E-state index contributed by atoms with van der Waals surface area (Å²) < 4.78 is 0. The van der Waals surface area contributed by atoms with Gasteiger partial charge in [0, 0.05) is 22.7 Å². The van der Waals surface area contributed by atoms with Gasteiger partial charge in [0.25, 0.3) is 5.91 Å². The number of carbonyl (C=O) groups is 1. The van der Waals surface area contributed by atoms with Gasteiger partial charge in [-0.2, -0.15) is 10.2 Å². The summed E-state index contributed by atoms with van der Waals surface area (Å²) in [7, 11) is 0. The topological polar surface area (TPSA) is 134 Å². The Bertz CT molecular complexity index is 804. The lowest BCUT2D eigenvalue weighted by molar-refractivity contribution is -0.385. The van der Waals surface area contributed by atoms with Gasteiger partial charge in [-0.1, -0.05) is 26.8 Å². The van der Waals surface area contributed by atoms with Crippen molar-refractivity contribution in [2.75, 3.05) is 0 Å². The lowest BCUT2D eigenvalue weighted by Crippen LogP contribution is -2.18. The minimum Gasteiger partial charge on any atom is -0.502 e. The number of hydrazone groups is 1. The first-order chi connectivity index (χ1) is 11.2. The van der Waals surface area contributed by atoms with Crippen LogP contribution in [-0.4, -0.2) is 32.3 Å². The molecule has 24 heavy (non-hydrogen) atoms. The third-order valence-corrected chi connectivity index (χ3v) is 3.23. The van der Waals surface area contributed by atoms with Crippen molar-refractivity contribution in [3.63, 3.8) is 0 Å².